The second kappa shape index (κ2) is 6.10. The third-order valence-electron chi connectivity index (χ3n) is 4.12. The molecule has 1 saturated heterocycles. The minimum Gasteiger partial charge on any atom is -0.320 e. The van der Waals surface area contributed by atoms with Gasteiger partial charge in [-0.25, -0.2) is 8.42 Å². The summed E-state index contributed by atoms with van der Waals surface area (Å²) in [5.74, 6) is 0.856. The minimum atomic E-state index is -3.56. The van der Waals surface area contributed by atoms with Crippen molar-refractivity contribution in [1.82, 2.24) is 19.1 Å². The predicted molar refractivity (Wildman–Crippen MR) is 82.9 cm³/mol. The summed E-state index contributed by atoms with van der Waals surface area (Å²) < 4.78 is 28.9. The molecule has 8 heteroatoms. The Morgan fingerprint density at radius 3 is 2.65 bits per heavy atom. The molecule has 0 spiro atoms. The topological polar surface area (TPSA) is 91.9 Å². The molecule has 1 unspecified atom stereocenters. The van der Waals surface area contributed by atoms with E-state index < -0.39 is 10.0 Å². The molecule has 120 valence electrons. The second-order valence-electron chi connectivity index (χ2n) is 5.64. The van der Waals surface area contributed by atoms with Crippen molar-refractivity contribution < 1.29 is 8.42 Å². The number of piperidine rings is 1. The SMILES string of the molecule is Cn1cnnc1C1CCCN(S(=O)(=O)c2ccc(C#N)cc2)C1. The third-order valence-corrected chi connectivity index (χ3v) is 6.00. The number of aryl methyl sites for hydroxylation is 1. The molecule has 0 N–H and O–H groups in total. The number of hydrogen-bond acceptors (Lipinski definition) is 5. The molecule has 0 aliphatic carbocycles. The van der Waals surface area contributed by atoms with Gasteiger partial charge in [0.1, 0.15) is 12.2 Å². The number of sulfonamides is 1. The van der Waals surface area contributed by atoms with Crippen molar-refractivity contribution >= 4 is 10.0 Å². The van der Waals surface area contributed by atoms with Crippen molar-refractivity contribution in [3.63, 3.8) is 0 Å². The van der Waals surface area contributed by atoms with Crippen LogP contribution in [0.2, 0.25) is 0 Å². The van der Waals surface area contributed by atoms with Crippen molar-refractivity contribution in [3.05, 3.63) is 42.0 Å². The molecule has 1 aliphatic rings. The summed E-state index contributed by atoms with van der Waals surface area (Å²) in [6, 6.07) is 8.01. The van der Waals surface area contributed by atoms with E-state index in [1.807, 2.05) is 17.7 Å². The van der Waals surface area contributed by atoms with E-state index in [4.69, 9.17) is 5.26 Å². The Labute approximate surface area is 135 Å². The Morgan fingerprint density at radius 1 is 1.30 bits per heavy atom. The van der Waals surface area contributed by atoms with E-state index in [0.717, 1.165) is 18.7 Å². The predicted octanol–water partition coefficient (Wildman–Crippen LogP) is 1.26. The van der Waals surface area contributed by atoms with Crippen molar-refractivity contribution in [2.75, 3.05) is 13.1 Å². The Bertz CT molecular complexity index is 835. The first-order valence-electron chi connectivity index (χ1n) is 7.36. The van der Waals surface area contributed by atoms with Crippen molar-refractivity contribution in [2.45, 2.75) is 23.7 Å². The van der Waals surface area contributed by atoms with Crippen LogP contribution in [-0.2, 0) is 17.1 Å². The fourth-order valence-corrected chi connectivity index (χ4v) is 4.41. The highest BCUT2D eigenvalue weighted by Gasteiger charge is 2.32. The lowest BCUT2D eigenvalue weighted by Crippen LogP contribution is -2.39. The summed E-state index contributed by atoms with van der Waals surface area (Å²) in [7, 11) is -1.69. The van der Waals surface area contributed by atoms with Crippen LogP contribution in [0.4, 0.5) is 0 Å². The van der Waals surface area contributed by atoms with Crippen molar-refractivity contribution in [2.24, 2.45) is 7.05 Å². The van der Waals surface area contributed by atoms with Gasteiger partial charge in [0.05, 0.1) is 16.5 Å². The molecule has 23 heavy (non-hydrogen) atoms. The Hall–Kier alpha value is -2.24. The first kappa shape index (κ1) is 15.6. The monoisotopic (exact) mass is 331 g/mol. The highest BCUT2D eigenvalue weighted by molar-refractivity contribution is 7.89. The smallest absolute Gasteiger partial charge is 0.243 e. The van der Waals surface area contributed by atoms with Gasteiger partial charge in [-0.05, 0) is 37.1 Å². The van der Waals surface area contributed by atoms with E-state index in [-0.39, 0.29) is 10.8 Å². The summed E-state index contributed by atoms with van der Waals surface area (Å²) in [4.78, 5) is 0.218. The van der Waals surface area contributed by atoms with Gasteiger partial charge in [-0.15, -0.1) is 10.2 Å². The lowest BCUT2D eigenvalue weighted by molar-refractivity contribution is 0.306. The van der Waals surface area contributed by atoms with Gasteiger partial charge in [-0.3, -0.25) is 0 Å². The van der Waals surface area contributed by atoms with E-state index in [1.165, 1.54) is 28.6 Å². The van der Waals surface area contributed by atoms with E-state index in [2.05, 4.69) is 10.2 Å². The molecule has 7 nitrogen and oxygen atoms in total. The fourth-order valence-electron chi connectivity index (χ4n) is 2.88. The Kier molecular flexibility index (Phi) is 4.15. The van der Waals surface area contributed by atoms with E-state index in [1.54, 1.807) is 6.33 Å². The summed E-state index contributed by atoms with van der Waals surface area (Å²) in [5, 5.41) is 16.8. The maximum absolute atomic E-state index is 12.8. The molecule has 0 bridgehead atoms. The highest BCUT2D eigenvalue weighted by Crippen LogP contribution is 2.29. The van der Waals surface area contributed by atoms with Crippen LogP contribution in [0, 0.1) is 11.3 Å². The molecule has 1 aromatic heterocycles. The van der Waals surface area contributed by atoms with Crippen LogP contribution in [0.15, 0.2) is 35.5 Å². The molecular formula is C15H17N5O2S. The zero-order valence-corrected chi connectivity index (χ0v) is 13.6. The first-order chi connectivity index (χ1) is 11.0. The number of rotatable bonds is 3. The Morgan fingerprint density at radius 2 is 2.04 bits per heavy atom. The molecular weight excluding hydrogens is 314 g/mol. The number of nitriles is 1. The van der Waals surface area contributed by atoms with Crippen molar-refractivity contribution in [1.29, 1.82) is 5.26 Å². The molecule has 1 atom stereocenters. The molecule has 1 aromatic carbocycles. The largest absolute Gasteiger partial charge is 0.320 e. The van der Waals surface area contributed by atoms with Crippen molar-refractivity contribution in [3.8, 4) is 6.07 Å². The van der Waals surface area contributed by atoms with Crippen LogP contribution in [-0.4, -0.2) is 40.6 Å². The summed E-state index contributed by atoms with van der Waals surface area (Å²) in [6.07, 6.45) is 3.31. The van der Waals surface area contributed by atoms with E-state index in [0.29, 0.717) is 18.7 Å². The zero-order chi connectivity index (χ0) is 16.4. The standard InChI is InChI=1S/C15H17N5O2S/c1-19-11-17-18-15(19)13-3-2-8-20(10-13)23(21,22)14-6-4-12(9-16)5-7-14/h4-7,11,13H,2-3,8,10H2,1H3. The molecule has 1 aliphatic heterocycles. The Balaban J connectivity index is 1.85. The quantitative estimate of drug-likeness (QED) is 0.844. The van der Waals surface area contributed by atoms with Crippen LogP contribution >= 0.6 is 0 Å². The zero-order valence-electron chi connectivity index (χ0n) is 12.8. The van der Waals surface area contributed by atoms with Gasteiger partial charge in [0.15, 0.2) is 0 Å². The maximum Gasteiger partial charge on any atom is 0.243 e. The van der Waals surface area contributed by atoms with E-state index in [9.17, 15) is 8.42 Å². The van der Waals surface area contributed by atoms with Gasteiger partial charge in [0, 0.05) is 26.1 Å². The summed E-state index contributed by atoms with van der Waals surface area (Å²) in [6.45, 7) is 0.894. The average molecular weight is 331 g/mol. The highest BCUT2D eigenvalue weighted by atomic mass is 32.2. The molecule has 0 radical (unpaired) electrons. The lowest BCUT2D eigenvalue weighted by atomic mass is 9.99. The average Bonchev–Trinajstić information content (AvgIpc) is 3.01. The van der Waals surface area contributed by atoms with Crippen LogP contribution in [0.3, 0.4) is 0 Å². The maximum atomic E-state index is 12.8. The fraction of sp³-hybridized carbons (Fsp3) is 0.400. The number of nitrogens with zero attached hydrogens (tertiary/aromatic N) is 5. The van der Waals surface area contributed by atoms with Crippen LogP contribution in [0.5, 0.6) is 0 Å². The molecule has 2 aromatic rings. The first-order valence-corrected chi connectivity index (χ1v) is 8.80. The van der Waals surface area contributed by atoms with Gasteiger partial charge in [0.2, 0.25) is 10.0 Å². The molecule has 0 amide bonds. The normalized spacial score (nSPS) is 19.4. The third kappa shape index (κ3) is 2.98. The number of benzene rings is 1. The molecule has 3 rings (SSSR count). The van der Waals surface area contributed by atoms with E-state index >= 15 is 0 Å². The van der Waals surface area contributed by atoms with Gasteiger partial charge >= 0.3 is 0 Å². The van der Waals surface area contributed by atoms with Gasteiger partial charge in [-0.1, -0.05) is 0 Å². The van der Waals surface area contributed by atoms with Crippen LogP contribution in [0.25, 0.3) is 0 Å². The minimum absolute atomic E-state index is 0.0457. The molecule has 1 fully saturated rings. The van der Waals surface area contributed by atoms with Gasteiger partial charge < -0.3 is 4.57 Å². The number of hydrogen-bond donors (Lipinski definition) is 0. The summed E-state index contributed by atoms with van der Waals surface area (Å²) in [5.41, 5.74) is 0.444. The van der Waals surface area contributed by atoms with Crippen LogP contribution < -0.4 is 0 Å². The van der Waals surface area contributed by atoms with Gasteiger partial charge in [-0.2, -0.15) is 9.57 Å². The number of aromatic nitrogens is 3. The lowest BCUT2D eigenvalue weighted by Gasteiger charge is -2.31. The molecule has 0 saturated carbocycles. The summed E-state index contributed by atoms with van der Waals surface area (Å²) >= 11 is 0. The van der Waals surface area contributed by atoms with Gasteiger partial charge in [0.25, 0.3) is 0 Å². The molecule has 2 heterocycles. The second-order valence-corrected chi connectivity index (χ2v) is 7.58. The van der Waals surface area contributed by atoms with Crippen LogP contribution in [0.1, 0.15) is 30.1 Å².